The largest absolute Gasteiger partial charge is 0.493 e. The highest BCUT2D eigenvalue weighted by atomic mass is 16.5. The Morgan fingerprint density at radius 3 is 2.14 bits per heavy atom. The number of benzene rings is 1. The standard InChI is InChI=1S/C15H24N2O4/c1-6-17(2)14(18)10-16-9-11-7-12(19-3)15(21-5)13(8-11)20-4/h7-8,16H,6,9-10H2,1-5H3. The van der Waals surface area contributed by atoms with Gasteiger partial charge in [0.25, 0.3) is 0 Å². The van der Waals surface area contributed by atoms with Gasteiger partial charge in [-0.1, -0.05) is 0 Å². The lowest BCUT2D eigenvalue weighted by Crippen LogP contribution is -2.35. The molecule has 1 aromatic rings. The van der Waals surface area contributed by atoms with Crippen molar-refractivity contribution in [2.24, 2.45) is 0 Å². The maximum absolute atomic E-state index is 11.7. The van der Waals surface area contributed by atoms with Gasteiger partial charge in [-0.2, -0.15) is 0 Å². The van der Waals surface area contributed by atoms with Gasteiger partial charge in [0, 0.05) is 20.1 Å². The molecule has 0 aliphatic carbocycles. The first-order valence-corrected chi connectivity index (χ1v) is 6.80. The summed E-state index contributed by atoms with van der Waals surface area (Å²) in [6.45, 7) is 3.48. The highest BCUT2D eigenvalue weighted by Gasteiger charge is 2.13. The summed E-state index contributed by atoms with van der Waals surface area (Å²) in [5.74, 6) is 1.83. The summed E-state index contributed by atoms with van der Waals surface area (Å²) in [7, 11) is 6.50. The summed E-state index contributed by atoms with van der Waals surface area (Å²) in [5, 5.41) is 3.11. The predicted octanol–water partition coefficient (Wildman–Crippen LogP) is 1.28. The smallest absolute Gasteiger partial charge is 0.236 e. The van der Waals surface area contributed by atoms with Crippen LogP contribution in [-0.2, 0) is 11.3 Å². The van der Waals surface area contributed by atoms with Crippen molar-refractivity contribution in [2.75, 3.05) is 41.5 Å². The van der Waals surface area contributed by atoms with Crippen molar-refractivity contribution in [3.8, 4) is 17.2 Å². The molecule has 0 spiro atoms. The molecule has 0 aliphatic rings. The van der Waals surface area contributed by atoms with E-state index in [0.717, 1.165) is 5.56 Å². The van der Waals surface area contributed by atoms with E-state index in [1.165, 1.54) is 0 Å². The van der Waals surface area contributed by atoms with Gasteiger partial charge in [0.15, 0.2) is 11.5 Å². The van der Waals surface area contributed by atoms with Gasteiger partial charge in [-0.15, -0.1) is 0 Å². The molecule has 0 fully saturated rings. The van der Waals surface area contributed by atoms with E-state index in [1.54, 1.807) is 33.3 Å². The summed E-state index contributed by atoms with van der Waals surface area (Å²) in [5.41, 5.74) is 0.955. The van der Waals surface area contributed by atoms with Crippen molar-refractivity contribution in [3.05, 3.63) is 17.7 Å². The van der Waals surface area contributed by atoms with Crippen LogP contribution in [0.3, 0.4) is 0 Å². The van der Waals surface area contributed by atoms with Crippen LogP contribution in [-0.4, -0.2) is 52.3 Å². The molecule has 0 heterocycles. The number of methoxy groups -OCH3 is 3. The number of ether oxygens (including phenoxy) is 3. The Kier molecular flexibility index (Phi) is 6.81. The SMILES string of the molecule is CCN(C)C(=O)CNCc1cc(OC)c(OC)c(OC)c1. The fourth-order valence-corrected chi connectivity index (χ4v) is 1.86. The van der Waals surface area contributed by atoms with Crippen LogP contribution in [0, 0.1) is 0 Å². The first-order valence-electron chi connectivity index (χ1n) is 6.80. The van der Waals surface area contributed by atoms with E-state index < -0.39 is 0 Å². The van der Waals surface area contributed by atoms with Gasteiger partial charge >= 0.3 is 0 Å². The van der Waals surface area contributed by atoms with Crippen LogP contribution in [0.2, 0.25) is 0 Å². The monoisotopic (exact) mass is 296 g/mol. The Hall–Kier alpha value is -1.95. The molecule has 0 saturated carbocycles. The van der Waals surface area contributed by atoms with E-state index in [9.17, 15) is 4.79 Å². The number of nitrogens with zero attached hydrogens (tertiary/aromatic N) is 1. The molecule has 1 N–H and O–H groups in total. The van der Waals surface area contributed by atoms with E-state index >= 15 is 0 Å². The second kappa shape index (κ2) is 8.36. The third-order valence-electron chi connectivity index (χ3n) is 3.23. The molecule has 21 heavy (non-hydrogen) atoms. The predicted molar refractivity (Wildman–Crippen MR) is 81.1 cm³/mol. The molecule has 118 valence electrons. The fraction of sp³-hybridized carbons (Fsp3) is 0.533. The van der Waals surface area contributed by atoms with E-state index in [2.05, 4.69) is 5.32 Å². The average Bonchev–Trinajstić information content (AvgIpc) is 2.52. The maximum atomic E-state index is 11.7. The lowest BCUT2D eigenvalue weighted by molar-refractivity contribution is -0.128. The maximum Gasteiger partial charge on any atom is 0.236 e. The van der Waals surface area contributed by atoms with Crippen LogP contribution < -0.4 is 19.5 Å². The molecule has 1 amide bonds. The van der Waals surface area contributed by atoms with Crippen LogP contribution in [0.4, 0.5) is 0 Å². The second-order valence-electron chi connectivity index (χ2n) is 4.55. The van der Waals surface area contributed by atoms with Gasteiger partial charge in [-0.25, -0.2) is 0 Å². The Labute approximate surface area is 126 Å². The normalized spacial score (nSPS) is 10.1. The molecule has 0 unspecified atom stereocenters. The summed E-state index contributed by atoms with van der Waals surface area (Å²) < 4.78 is 15.9. The minimum atomic E-state index is 0.0601. The van der Waals surface area contributed by atoms with Crippen LogP contribution in [0.5, 0.6) is 17.2 Å². The van der Waals surface area contributed by atoms with E-state index in [4.69, 9.17) is 14.2 Å². The lowest BCUT2D eigenvalue weighted by atomic mass is 10.1. The molecule has 0 radical (unpaired) electrons. The molecular weight excluding hydrogens is 272 g/mol. The van der Waals surface area contributed by atoms with Gasteiger partial charge in [0.05, 0.1) is 27.9 Å². The zero-order chi connectivity index (χ0) is 15.8. The van der Waals surface area contributed by atoms with E-state index in [0.29, 0.717) is 36.9 Å². The minimum Gasteiger partial charge on any atom is -0.493 e. The van der Waals surface area contributed by atoms with Gasteiger partial charge < -0.3 is 24.4 Å². The third-order valence-corrected chi connectivity index (χ3v) is 3.23. The quantitative estimate of drug-likeness (QED) is 0.783. The first-order chi connectivity index (χ1) is 10.1. The zero-order valence-electron chi connectivity index (χ0n) is 13.4. The number of hydrogen-bond donors (Lipinski definition) is 1. The number of nitrogens with one attached hydrogen (secondary N) is 1. The molecular formula is C15H24N2O4. The van der Waals surface area contributed by atoms with Gasteiger partial charge in [-0.3, -0.25) is 4.79 Å². The number of amides is 1. The number of hydrogen-bond acceptors (Lipinski definition) is 5. The third kappa shape index (κ3) is 4.53. The molecule has 0 bridgehead atoms. The summed E-state index contributed by atoms with van der Waals surface area (Å²) in [4.78, 5) is 13.4. The molecule has 0 aromatic heterocycles. The van der Waals surface area contributed by atoms with Crippen molar-refractivity contribution < 1.29 is 19.0 Å². The van der Waals surface area contributed by atoms with Crippen LogP contribution in [0.15, 0.2) is 12.1 Å². The van der Waals surface area contributed by atoms with Gasteiger partial charge in [0.2, 0.25) is 11.7 Å². The Morgan fingerprint density at radius 1 is 1.14 bits per heavy atom. The van der Waals surface area contributed by atoms with Gasteiger partial charge in [0.1, 0.15) is 0 Å². The molecule has 6 nitrogen and oxygen atoms in total. The number of likely N-dealkylation sites (N-methyl/N-ethyl adjacent to an activating group) is 1. The summed E-state index contributed by atoms with van der Waals surface area (Å²) in [6.07, 6.45) is 0. The summed E-state index contributed by atoms with van der Waals surface area (Å²) in [6, 6.07) is 3.73. The molecule has 1 aromatic carbocycles. The zero-order valence-corrected chi connectivity index (χ0v) is 13.4. The van der Waals surface area contributed by atoms with Crippen molar-refractivity contribution in [3.63, 3.8) is 0 Å². The Balaban J connectivity index is 2.74. The van der Waals surface area contributed by atoms with Crippen molar-refractivity contribution in [1.82, 2.24) is 10.2 Å². The lowest BCUT2D eigenvalue weighted by Gasteiger charge is -2.16. The second-order valence-corrected chi connectivity index (χ2v) is 4.55. The van der Waals surface area contributed by atoms with Crippen molar-refractivity contribution >= 4 is 5.91 Å². The highest BCUT2D eigenvalue weighted by molar-refractivity contribution is 5.77. The molecule has 0 atom stereocenters. The Bertz CT molecular complexity index is 452. The highest BCUT2D eigenvalue weighted by Crippen LogP contribution is 2.38. The molecule has 1 rings (SSSR count). The minimum absolute atomic E-state index is 0.0601. The average molecular weight is 296 g/mol. The van der Waals surface area contributed by atoms with Gasteiger partial charge in [-0.05, 0) is 24.6 Å². The first kappa shape index (κ1) is 17.1. The fourth-order valence-electron chi connectivity index (χ4n) is 1.86. The van der Waals surface area contributed by atoms with E-state index in [1.807, 2.05) is 19.1 Å². The van der Waals surface area contributed by atoms with Crippen molar-refractivity contribution in [1.29, 1.82) is 0 Å². The van der Waals surface area contributed by atoms with Crippen molar-refractivity contribution in [2.45, 2.75) is 13.5 Å². The molecule has 6 heteroatoms. The molecule has 0 saturated heterocycles. The number of carbonyl (C=O) groups excluding carboxylic acids is 1. The topological polar surface area (TPSA) is 60.0 Å². The van der Waals surface area contributed by atoms with Crippen LogP contribution in [0.1, 0.15) is 12.5 Å². The number of carbonyl (C=O) groups is 1. The molecule has 0 aliphatic heterocycles. The van der Waals surface area contributed by atoms with Crippen LogP contribution >= 0.6 is 0 Å². The number of rotatable bonds is 8. The Morgan fingerprint density at radius 2 is 1.71 bits per heavy atom. The summed E-state index contributed by atoms with van der Waals surface area (Å²) >= 11 is 0. The van der Waals surface area contributed by atoms with E-state index in [-0.39, 0.29) is 5.91 Å². The van der Waals surface area contributed by atoms with Crippen LogP contribution in [0.25, 0.3) is 0 Å².